The van der Waals surface area contributed by atoms with Gasteiger partial charge in [0.2, 0.25) is 0 Å². The molecule has 1 aromatic carbocycles. The van der Waals surface area contributed by atoms with Crippen LogP contribution in [0.4, 0.5) is 0 Å². The van der Waals surface area contributed by atoms with Crippen LogP contribution in [0.2, 0.25) is 0 Å². The lowest BCUT2D eigenvalue weighted by Gasteiger charge is -2.08. The van der Waals surface area contributed by atoms with Crippen molar-refractivity contribution in [2.45, 2.75) is 23.3 Å². The predicted molar refractivity (Wildman–Crippen MR) is 86.4 cm³/mol. The molecule has 0 radical (unpaired) electrons. The number of carboxylic acid groups (broad SMARTS) is 1. The maximum absolute atomic E-state index is 10.6. The van der Waals surface area contributed by atoms with Crippen molar-refractivity contribution in [2.75, 3.05) is 5.75 Å². The number of halogens is 1. The molecule has 1 unspecified atom stereocenters. The van der Waals surface area contributed by atoms with Crippen LogP contribution in [0.3, 0.4) is 0 Å². The van der Waals surface area contributed by atoms with Gasteiger partial charge in [0.1, 0.15) is 16.2 Å². The second-order valence-electron chi connectivity index (χ2n) is 4.68. The molecule has 110 valence electrons. The third-order valence-electron chi connectivity index (χ3n) is 3.02. The van der Waals surface area contributed by atoms with Crippen LogP contribution in [0.5, 0.6) is 5.75 Å². The molecular weight excluding hydrogens is 374 g/mol. The Morgan fingerprint density at radius 3 is 3.24 bits per heavy atom. The van der Waals surface area contributed by atoms with Gasteiger partial charge in [0, 0.05) is 22.0 Å². The minimum absolute atomic E-state index is 0.0174. The molecule has 1 atom stereocenters. The van der Waals surface area contributed by atoms with Crippen molar-refractivity contribution in [1.29, 1.82) is 0 Å². The second-order valence-corrected chi connectivity index (χ2v) is 7.72. The first-order valence-corrected chi connectivity index (χ1v) is 9.00. The Morgan fingerprint density at radius 1 is 1.57 bits per heavy atom. The highest BCUT2D eigenvalue weighted by molar-refractivity contribution is 9.10. The zero-order valence-electron chi connectivity index (χ0n) is 10.9. The highest BCUT2D eigenvalue weighted by Gasteiger charge is 2.23. The number of hydrogen-bond acceptors (Lipinski definition) is 5. The third-order valence-corrected chi connectivity index (χ3v) is 5.71. The number of benzene rings is 1. The molecule has 21 heavy (non-hydrogen) atoms. The van der Waals surface area contributed by atoms with E-state index in [1.165, 1.54) is 16.9 Å². The molecule has 3 rings (SSSR count). The first-order chi connectivity index (χ1) is 10.1. The van der Waals surface area contributed by atoms with E-state index in [1.807, 2.05) is 12.1 Å². The summed E-state index contributed by atoms with van der Waals surface area (Å²) in [5.41, 5.74) is 1.84. The fraction of sp³-hybridized carbons (Fsp3) is 0.286. The first kappa shape index (κ1) is 14.9. The van der Waals surface area contributed by atoms with Crippen LogP contribution >= 0.6 is 39.0 Å². The number of nitrogens with zero attached hydrogens (tertiary/aromatic N) is 1. The summed E-state index contributed by atoms with van der Waals surface area (Å²) in [5.74, 6) is 0.915. The fourth-order valence-electron chi connectivity index (χ4n) is 2.14. The van der Waals surface area contributed by atoms with Crippen molar-refractivity contribution >= 4 is 45.0 Å². The molecule has 0 spiro atoms. The Morgan fingerprint density at radius 2 is 2.43 bits per heavy atom. The standard InChI is InChI=1S/C14H12BrNO3S2/c15-9-1-2-12-8(3-9)4-11(19-12)7-21-14-16-10(6-20-14)5-13(17)18/h1-3,6,11H,4-5,7H2,(H,17,18). The van der Waals surface area contributed by atoms with E-state index in [0.717, 1.165) is 26.7 Å². The van der Waals surface area contributed by atoms with Gasteiger partial charge in [0.05, 0.1) is 12.1 Å². The van der Waals surface area contributed by atoms with Gasteiger partial charge in [-0.05, 0) is 23.8 Å². The lowest BCUT2D eigenvalue weighted by Crippen LogP contribution is -2.15. The van der Waals surface area contributed by atoms with E-state index in [2.05, 4.69) is 27.0 Å². The third kappa shape index (κ3) is 3.78. The van der Waals surface area contributed by atoms with Gasteiger partial charge in [-0.2, -0.15) is 0 Å². The molecular formula is C14H12BrNO3S2. The molecule has 0 saturated heterocycles. The van der Waals surface area contributed by atoms with E-state index >= 15 is 0 Å². The van der Waals surface area contributed by atoms with Crippen molar-refractivity contribution in [3.63, 3.8) is 0 Å². The number of aliphatic carboxylic acids is 1. The van der Waals surface area contributed by atoms with Crippen molar-refractivity contribution in [2.24, 2.45) is 0 Å². The SMILES string of the molecule is O=C(O)Cc1csc(SCC2Cc3cc(Br)ccc3O2)n1. The molecule has 1 aliphatic heterocycles. The number of thioether (sulfide) groups is 1. The maximum atomic E-state index is 10.6. The minimum Gasteiger partial charge on any atom is -0.489 e. The van der Waals surface area contributed by atoms with E-state index in [4.69, 9.17) is 9.84 Å². The summed E-state index contributed by atoms with van der Waals surface area (Å²) >= 11 is 6.57. The molecule has 2 aromatic rings. The number of thiazole rings is 1. The Bertz CT molecular complexity index is 674. The first-order valence-electron chi connectivity index (χ1n) is 6.34. The summed E-state index contributed by atoms with van der Waals surface area (Å²) < 4.78 is 7.86. The number of carboxylic acids is 1. The topological polar surface area (TPSA) is 59.4 Å². The number of aromatic nitrogens is 1. The van der Waals surface area contributed by atoms with Crippen LogP contribution in [0.25, 0.3) is 0 Å². The summed E-state index contributed by atoms with van der Waals surface area (Å²) in [6.45, 7) is 0. The number of hydrogen-bond donors (Lipinski definition) is 1. The molecule has 0 aliphatic carbocycles. The van der Waals surface area contributed by atoms with Gasteiger partial charge < -0.3 is 9.84 Å². The quantitative estimate of drug-likeness (QED) is 0.796. The predicted octanol–water partition coefficient (Wildman–Crippen LogP) is 3.63. The second kappa shape index (κ2) is 6.37. The summed E-state index contributed by atoms with van der Waals surface area (Å²) in [6, 6.07) is 6.06. The summed E-state index contributed by atoms with van der Waals surface area (Å²) in [6.07, 6.45) is 1.03. The molecule has 0 fully saturated rings. The smallest absolute Gasteiger partial charge is 0.309 e. The average Bonchev–Trinajstić information content (AvgIpc) is 3.01. The van der Waals surface area contributed by atoms with Gasteiger partial charge in [0.25, 0.3) is 0 Å². The van der Waals surface area contributed by atoms with Crippen LogP contribution in [-0.4, -0.2) is 27.9 Å². The van der Waals surface area contributed by atoms with E-state index in [1.54, 1.807) is 17.1 Å². The Balaban J connectivity index is 1.55. The molecule has 1 aliphatic rings. The van der Waals surface area contributed by atoms with Gasteiger partial charge in [-0.15, -0.1) is 11.3 Å². The normalized spacial score (nSPS) is 16.5. The van der Waals surface area contributed by atoms with Gasteiger partial charge in [-0.1, -0.05) is 27.7 Å². The van der Waals surface area contributed by atoms with Crippen LogP contribution in [0.1, 0.15) is 11.3 Å². The highest BCUT2D eigenvalue weighted by Crippen LogP contribution is 2.34. The number of rotatable bonds is 5. The number of fused-ring (bicyclic) bond motifs is 1. The zero-order chi connectivity index (χ0) is 14.8. The maximum Gasteiger partial charge on any atom is 0.309 e. The Hall–Kier alpha value is -1.05. The Labute approximate surface area is 138 Å². The zero-order valence-corrected chi connectivity index (χ0v) is 14.1. The lowest BCUT2D eigenvalue weighted by molar-refractivity contribution is -0.136. The van der Waals surface area contributed by atoms with E-state index in [9.17, 15) is 4.79 Å². The van der Waals surface area contributed by atoms with Crippen LogP contribution in [0, 0.1) is 0 Å². The van der Waals surface area contributed by atoms with Crippen LogP contribution in [-0.2, 0) is 17.6 Å². The highest BCUT2D eigenvalue weighted by atomic mass is 79.9. The van der Waals surface area contributed by atoms with Crippen LogP contribution in [0.15, 0.2) is 32.4 Å². The molecule has 1 aromatic heterocycles. The summed E-state index contributed by atoms with van der Waals surface area (Å²) in [7, 11) is 0. The molecule has 0 amide bonds. The monoisotopic (exact) mass is 385 g/mol. The van der Waals surface area contributed by atoms with Crippen molar-refractivity contribution < 1.29 is 14.6 Å². The van der Waals surface area contributed by atoms with E-state index in [0.29, 0.717) is 5.69 Å². The number of ether oxygens (including phenoxy) is 1. The van der Waals surface area contributed by atoms with Crippen molar-refractivity contribution in [3.8, 4) is 5.75 Å². The van der Waals surface area contributed by atoms with Crippen LogP contribution < -0.4 is 4.74 Å². The molecule has 2 heterocycles. The van der Waals surface area contributed by atoms with Gasteiger partial charge >= 0.3 is 5.97 Å². The molecule has 7 heteroatoms. The molecule has 1 N–H and O–H groups in total. The van der Waals surface area contributed by atoms with E-state index < -0.39 is 5.97 Å². The molecule has 0 saturated carbocycles. The fourth-order valence-corrected chi connectivity index (χ4v) is 4.41. The van der Waals surface area contributed by atoms with E-state index in [-0.39, 0.29) is 12.5 Å². The van der Waals surface area contributed by atoms with Gasteiger partial charge in [0.15, 0.2) is 0 Å². The summed E-state index contributed by atoms with van der Waals surface area (Å²) in [4.78, 5) is 14.9. The van der Waals surface area contributed by atoms with Crippen molar-refractivity contribution in [1.82, 2.24) is 4.98 Å². The molecule has 0 bridgehead atoms. The minimum atomic E-state index is -0.850. The lowest BCUT2D eigenvalue weighted by atomic mass is 10.1. The number of carbonyl (C=O) groups is 1. The van der Waals surface area contributed by atoms with Crippen molar-refractivity contribution in [3.05, 3.63) is 39.3 Å². The molecule has 4 nitrogen and oxygen atoms in total. The van der Waals surface area contributed by atoms with Gasteiger partial charge in [-0.25, -0.2) is 4.98 Å². The Kier molecular flexibility index (Phi) is 4.51. The van der Waals surface area contributed by atoms with Gasteiger partial charge in [-0.3, -0.25) is 4.79 Å². The largest absolute Gasteiger partial charge is 0.489 e. The average molecular weight is 386 g/mol. The summed E-state index contributed by atoms with van der Waals surface area (Å²) in [5, 5.41) is 10.5.